The van der Waals surface area contributed by atoms with Crippen LogP contribution in [0.15, 0.2) is 52.1 Å². The highest BCUT2D eigenvalue weighted by Crippen LogP contribution is 2.39. The van der Waals surface area contributed by atoms with Gasteiger partial charge in [-0.3, -0.25) is 9.59 Å². The summed E-state index contributed by atoms with van der Waals surface area (Å²) in [6.45, 7) is 5.47. The molecule has 0 spiro atoms. The molecule has 142 valence electrons. The zero-order valence-electron chi connectivity index (χ0n) is 15.5. The van der Waals surface area contributed by atoms with Crippen molar-refractivity contribution in [3.63, 3.8) is 0 Å². The smallest absolute Gasteiger partial charge is 0.290 e. The lowest BCUT2D eigenvalue weighted by Gasteiger charge is -2.25. The van der Waals surface area contributed by atoms with Crippen molar-refractivity contribution in [2.24, 2.45) is 5.92 Å². The van der Waals surface area contributed by atoms with Crippen LogP contribution < -0.4 is 0 Å². The number of rotatable bonds is 6. The molecular formula is C21H22FNO4. The first-order valence-electron chi connectivity index (χ1n) is 8.88. The first kappa shape index (κ1) is 18.9. The fourth-order valence-corrected chi connectivity index (χ4v) is 3.24. The predicted molar refractivity (Wildman–Crippen MR) is 97.5 cm³/mol. The average molecular weight is 371 g/mol. The van der Waals surface area contributed by atoms with E-state index in [0.29, 0.717) is 17.9 Å². The van der Waals surface area contributed by atoms with E-state index < -0.39 is 17.7 Å². The molecule has 27 heavy (non-hydrogen) atoms. The minimum atomic E-state index is -0.762. The van der Waals surface area contributed by atoms with E-state index in [9.17, 15) is 19.1 Å². The number of ketones is 1. The second-order valence-electron chi connectivity index (χ2n) is 7.01. The Morgan fingerprint density at radius 3 is 2.44 bits per heavy atom. The lowest BCUT2D eigenvalue weighted by atomic mass is 9.94. The lowest BCUT2D eigenvalue weighted by molar-refractivity contribution is -0.129. The topological polar surface area (TPSA) is 70.8 Å². The second kappa shape index (κ2) is 7.39. The number of nitrogens with zero attached hydrogens (tertiary/aromatic N) is 1. The molecule has 1 atom stereocenters. The highest BCUT2D eigenvalue weighted by molar-refractivity contribution is 6.09. The Kier molecular flexibility index (Phi) is 5.17. The molecule has 0 aliphatic carbocycles. The van der Waals surface area contributed by atoms with Crippen LogP contribution in [0.3, 0.4) is 0 Å². The maximum Gasteiger partial charge on any atom is 0.290 e. The summed E-state index contributed by atoms with van der Waals surface area (Å²) in [6.07, 6.45) is 0.457. The number of hydrogen-bond donors (Lipinski definition) is 1. The van der Waals surface area contributed by atoms with Crippen molar-refractivity contribution in [2.45, 2.75) is 33.2 Å². The SMILES string of the molecule is Cc1ccc(C2C(C(=O)C(C)C)=C(O)C(=O)N2CCc2ccc(F)cc2)o1. The van der Waals surface area contributed by atoms with Crippen LogP contribution in [0.25, 0.3) is 0 Å². The van der Waals surface area contributed by atoms with Crippen LogP contribution in [-0.4, -0.2) is 28.2 Å². The molecule has 1 unspecified atom stereocenters. The predicted octanol–water partition coefficient (Wildman–Crippen LogP) is 3.89. The molecule has 5 nitrogen and oxygen atoms in total. The summed E-state index contributed by atoms with van der Waals surface area (Å²) in [5, 5.41) is 10.4. The van der Waals surface area contributed by atoms with E-state index in [1.165, 1.54) is 17.0 Å². The summed E-state index contributed by atoms with van der Waals surface area (Å²) < 4.78 is 18.8. The minimum absolute atomic E-state index is 0.0726. The molecule has 1 N–H and O–H groups in total. The molecule has 0 bridgehead atoms. The van der Waals surface area contributed by atoms with Crippen LogP contribution in [0.2, 0.25) is 0 Å². The summed E-state index contributed by atoms with van der Waals surface area (Å²) in [4.78, 5) is 26.8. The number of Topliss-reactive ketones (excluding diaryl/α,β-unsaturated/α-hetero) is 1. The number of aryl methyl sites for hydroxylation is 1. The molecule has 0 fully saturated rings. The molecule has 1 aliphatic heterocycles. The first-order chi connectivity index (χ1) is 12.8. The molecule has 0 saturated carbocycles. The Balaban J connectivity index is 1.93. The molecule has 2 heterocycles. The molecule has 1 amide bonds. The quantitative estimate of drug-likeness (QED) is 0.836. The van der Waals surface area contributed by atoms with Gasteiger partial charge in [-0.2, -0.15) is 0 Å². The Morgan fingerprint density at radius 1 is 1.22 bits per heavy atom. The fourth-order valence-electron chi connectivity index (χ4n) is 3.24. The third-order valence-corrected chi connectivity index (χ3v) is 4.68. The zero-order valence-corrected chi connectivity index (χ0v) is 15.5. The zero-order chi connectivity index (χ0) is 19.7. The van der Waals surface area contributed by atoms with Gasteiger partial charge in [-0.15, -0.1) is 0 Å². The Bertz CT molecular complexity index is 895. The summed E-state index contributed by atoms with van der Waals surface area (Å²) in [7, 11) is 0. The number of carbonyl (C=O) groups is 2. The van der Waals surface area contributed by atoms with Gasteiger partial charge >= 0.3 is 0 Å². The van der Waals surface area contributed by atoms with E-state index in [0.717, 1.165) is 5.56 Å². The van der Waals surface area contributed by atoms with Crippen molar-refractivity contribution in [3.05, 3.63) is 70.6 Å². The van der Waals surface area contributed by atoms with Crippen LogP contribution >= 0.6 is 0 Å². The highest BCUT2D eigenvalue weighted by atomic mass is 19.1. The lowest BCUT2D eigenvalue weighted by Crippen LogP contribution is -2.33. The van der Waals surface area contributed by atoms with Crippen LogP contribution in [0.5, 0.6) is 0 Å². The monoisotopic (exact) mass is 371 g/mol. The Labute approximate surface area is 157 Å². The van der Waals surface area contributed by atoms with Gasteiger partial charge in [0, 0.05) is 12.5 Å². The summed E-state index contributed by atoms with van der Waals surface area (Å²) in [5.74, 6) is -1.02. The third-order valence-electron chi connectivity index (χ3n) is 4.68. The Hall–Kier alpha value is -2.89. The van der Waals surface area contributed by atoms with Crippen molar-refractivity contribution < 1.29 is 23.5 Å². The number of benzene rings is 1. The van der Waals surface area contributed by atoms with Crippen molar-refractivity contribution in [2.75, 3.05) is 6.54 Å². The number of carbonyl (C=O) groups excluding carboxylic acids is 2. The number of aliphatic hydroxyl groups is 1. The maximum atomic E-state index is 13.1. The second-order valence-corrected chi connectivity index (χ2v) is 7.01. The van der Waals surface area contributed by atoms with Crippen LogP contribution in [-0.2, 0) is 16.0 Å². The van der Waals surface area contributed by atoms with E-state index in [-0.39, 0.29) is 29.6 Å². The number of furan rings is 1. The maximum absolute atomic E-state index is 13.1. The number of halogens is 1. The van der Waals surface area contributed by atoms with E-state index in [1.807, 2.05) is 0 Å². The first-order valence-corrected chi connectivity index (χ1v) is 8.88. The number of hydrogen-bond acceptors (Lipinski definition) is 4. The number of aliphatic hydroxyl groups excluding tert-OH is 1. The van der Waals surface area contributed by atoms with Gasteiger partial charge < -0.3 is 14.4 Å². The van der Waals surface area contributed by atoms with Crippen molar-refractivity contribution in [3.8, 4) is 0 Å². The van der Waals surface area contributed by atoms with Gasteiger partial charge in [0.1, 0.15) is 23.4 Å². The molecule has 3 rings (SSSR count). The van der Waals surface area contributed by atoms with Gasteiger partial charge in [0.25, 0.3) is 5.91 Å². The highest BCUT2D eigenvalue weighted by Gasteiger charge is 2.45. The van der Waals surface area contributed by atoms with Crippen molar-refractivity contribution in [1.29, 1.82) is 0 Å². The summed E-state index contributed by atoms with van der Waals surface area (Å²) in [6, 6.07) is 8.72. The van der Waals surface area contributed by atoms with Gasteiger partial charge in [0.2, 0.25) is 0 Å². The molecule has 1 aromatic carbocycles. The van der Waals surface area contributed by atoms with E-state index >= 15 is 0 Å². The summed E-state index contributed by atoms with van der Waals surface area (Å²) >= 11 is 0. The van der Waals surface area contributed by atoms with E-state index in [4.69, 9.17) is 4.42 Å². The van der Waals surface area contributed by atoms with E-state index in [1.54, 1.807) is 45.0 Å². The molecule has 1 aliphatic rings. The molecule has 6 heteroatoms. The molecular weight excluding hydrogens is 349 g/mol. The normalized spacial score (nSPS) is 17.3. The van der Waals surface area contributed by atoms with Crippen molar-refractivity contribution in [1.82, 2.24) is 4.90 Å². The van der Waals surface area contributed by atoms with Gasteiger partial charge in [0.15, 0.2) is 11.5 Å². The van der Waals surface area contributed by atoms with Crippen molar-refractivity contribution >= 4 is 11.7 Å². The van der Waals surface area contributed by atoms with Gasteiger partial charge in [0.05, 0.1) is 5.57 Å². The van der Waals surface area contributed by atoms with Crippen LogP contribution in [0, 0.1) is 18.7 Å². The summed E-state index contributed by atoms with van der Waals surface area (Å²) in [5.41, 5.74) is 0.921. The fraction of sp³-hybridized carbons (Fsp3) is 0.333. The standard InChI is InChI=1S/C21H22FNO4/c1-12(2)19(24)17-18(16-9-4-13(3)27-16)23(21(26)20(17)25)11-10-14-5-7-15(22)8-6-14/h4-9,12,18,25H,10-11H2,1-3H3. The largest absolute Gasteiger partial charge is 0.503 e. The van der Waals surface area contributed by atoms with Crippen LogP contribution in [0.1, 0.15) is 37.0 Å². The van der Waals surface area contributed by atoms with Gasteiger partial charge in [-0.05, 0) is 43.2 Å². The minimum Gasteiger partial charge on any atom is -0.503 e. The molecule has 0 radical (unpaired) electrons. The Morgan fingerprint density at radius 2 is 1.89 bits per heavy atom. The van der Waals surface area contributed by atoms with Gasteiger partial charge in [-0.1, -0.05) is 26.0 Å². The van der Waals surface area contributed by atoms with Crippen LogP contribution in [0.4, 0.5) is 4.39 Å². The molecule has 2 aromatic rings. The number of amides is 1. The third kappa shape index (κ3) is 3.65. The van der Waals surface area contributed by atoms with E-state index in [2.05, 4.69) is 0 Å². The average Bonchev–Trinajstić information content (AvgIpc) is 3.16. The molecule has 0 saturated heterocycles. The van der Waals surface area contributed by atoms with Gasteiger partial charge in [-0.25, -0.2) is 4.39 Å². The molecule has 1 aromatic heterocycles.